The monoisotopic (exact) mass is 254 g/mol. The van der Waals surface area contributed by atoms with Gasteiger partial charge in [-0.05, 0) is 12.8 Å². The average molecular weight is 254 g/mol. The predicted molar refractivity (Wildman–Crippen MR) is 68.4 cm³/mol. The van der Waals surface area contributed by atoms with Crippen molar-refractivity contribution in [3.63, 3.8) is 0 Å². The van der Waals surface area contributed by atoms with E-state index in [9.17, 15) is 9.59 Å². The van der Waals surface area contributed by atoms with Crippen molar-refractivity contribution in [1.29, 1.82) is 0 Å². The zero-order valence-corrected chi connectivity index (χ0v) is 10.8. The summed E-state index contributed by atoms with van der Waals surface area (Å²) >= 11 is 0. The predicted octanol–water partition coefficient (Wildman–Crippen LogP) is 0.597. The van der Waals surface area contributed by atoms with Crippen LogP contribution < -0.4 is 10.6 Å². The van der Waals surface area contributed by atoms with E-state index < -0.39 is 0 Å². The molecule has 102 valence electrons. The molecule has 2 rings (SSSR count). The standard InChI is InChI=1S/C12H22N4O2/c17-11(15-7-8-15)13-5-3-1-2-4-6-14-12(18)16-9-10-16/h1-10H2,(H,13,17)(H,14,18). The van der Waals surface area contributed by atoms with Crippen LogP contribution in [0.2, 0.25) is 0 Å². The number of hydrogen-bond acceptors (Lipinski definition) is 2. The third kappa shape index (κ3) is 4.81. The SMILES string of the molecule is O=C(NCCCCCCNC(=O)N1CC1)N1CC1. The van der Waals surface area contributed by atoms with Gasteiger partial charge >= 0.3 is 12.1 Å². The van der Waals surface area contributed by atoms with E-state index in [1.54, 1.807) is 9.80 Å². The molecule has 0 radical (unpaired) electrons. The number of carbonyl (C=O) groups excluding carboxylic acids is 2. The van der Waals surface area contributed by atoms with Crippen LogP contribution in [-0.2, 0) is 0 Å². The maximum absolute atomic E-state index is 11.2. The second-order valence-corrected chi connectivity index (χ2v) is 4.85. The maximum Gasteiger partial charge on any atom is 0.317 e. The Morgan fingerprint density at radius 3 is 1.44 bits per heavy atom. The van der Waals surface area contributed by atoms with Crippen molar-refractivity contribution in [1.82, 2.24) is 20.4 Å². The number of hydrogen-bond donors (Lipinski definition) is 2. The van der Waals surface area contributed by atoms with Crippen LogP contribution in [0.4, 0.5) is 9.59 Å². The molecule has 0 aliphatic carbocycles. The normalized spacial score (nSPS) is 16.4. The zero-order chi connectivity index (χ0) is 12.8. The van der Waals surface area contributed by atoms with E-state index in [1.165, 1.54) is 0 Å². The van der Waals surface area contributed by atoms with Crippen LogP contribution in [-0.4, -0.2) is 61.1 Å². The lowest BCUT2D eigenvalue weighted by molar-refractivity contribution is 0.228. The number of nitrogens with one attached hydrogen (secondary N) is 2. The molecule has 0 unspecified atom stereocenters. The highest BCUT2D eigenvalue weighted by Gasteiger charge is 2.23. The van der Waals surface area contributed by atoms with Crippen LogP contribution in [0.3, 0.4) is 0 Å². The molecule has 0 aromatic rings. The van der Waals surface area contributed by atoms with Crippen molar-refractivity contribution in [3.8, 4) is 0 Å². The minimum atomic E-state index is 0.0701. The van der Waals surface area contributed by atoms with Crippen molar-refractivity contribution in [2.75, 3.05) is 39.3 Å². The minimum absolute atomic E-state index is 0.0701. The van der Waals surface area contributed by atoms with Crippen molar-refractivity contribution in [3.05, 3.63) is 0 Å². The van der Waals surface area contributed by atoms with E-state index >= 15 is 0 Å². The summed E-state index contributed by atoms with van der Waals surface area (Å²) in [5, 5.41) is 5.78. The summed E-state index contributed by atoms with van der Waals surface area (Å²) in [6, 6.07) is 0.140. The fraction of sp³-hybridized carbons (Fsp3) is 0.833. The number of nitrogens with zero attached hydrogens (tertiary/aromatic N) is 2. The van der Waals surface area contributed by atoms with Gasteiger partial charge in [0.1, 0.15) is 0 Å². The van der Waals surface area contributed by atoms with E-state index in [1.807, 2.05) is 0 Å². The molecule has 2 aliphatic rings. The van der Waals surface area contributed by atoms with Gasteiger partial charge in [-0.25, -0.2) is 9.59 Å². The Kier molecular flexibility index (Phi) is 4.66. The van der Waals surface area contributed by atoms with Crippen LogP contribution in [0.25, 0.3) is 0 Å². The highest BCUT2D eigenvalue weighted by molar-refractivity contribution is 5.76. The van der Waals surface area contributed by atoms with Crippen LogP contribution >= 0.6 is 0 Å². The number of urea groups is 2. The van der Waals surface area contributed by atoms with Gasteiger partial charge in [0.05, 0.1) is 0 Å². The van der Waals surface area contributed by atoms with Gasteiger partial charge in [-0.2, -0.15) is 0 Å². The molecule has 0 spiro atoms. The lowest BCUT2D eigenvalue weighted by Gasteiger charge is -2.06. The second kappa shape index (κ2) is 6.47. The Hall–Kier alpha value is -1.46. The molecule has 6 heteroatoms. The summed E-state index contributed by atoms with van der Waals surface area (Å²) in [6.45, 7) is 5.14. The molecule has 2 heterocycles. The maximum atomic E-state index is 11.2. The van der Waals surface area contributed by atoms with Gasteiger partial charge in [-0.1, -0.05) is 12.8 Å². The van der Waals surface area contributed by atoms with E-state index in [-0.39, 0.29) is 12.1 Å². The number of rotatable bonds is 7. The molecule has 6 nitrogen and oxygen atoms in total. The van der Waals surface area contributed by atoms with Gasteiger partial charge in [0, 0.05) is 39.3 Å². The van der Waals surface area contributed by atoms with Crippen molar-refractivity contribution >= 4 is 12.1 Å². The molecule has 0 aromatic heterocycles. The smallest absolute Gasteiger partial charge is 0.317 e. The van der Waals surface area contributed by atoms with Gasteiger partial charge in [-0.15, -0.1) is 0 Å². The average Bonchev–Trinajstić information content (AvgIpc) is 3.21. The summed E-state index contributed by atoms with van der Waals surface area (Å²) in [5.74, 6) is 0. The highest BCUT2D eigenvalue weighted by atomic mass is 16.2. The Labute approximate surface area is 108 Å². The van der Waals surface area contributed by atoms with Crippen LogP contribution in [0.1, 0.15) is 25.7 Å². The second-order valence-electron chi connectivity index (χ2n) is 4.85. The first-order valence-electron chi connectivity index (χ1n) is 6.83. The summed E-state index contributed by atoms with van der Waals surface area (Å²) in [4.78, 5) is 26.1. The molecule has 2 fully saturated rings. The molecule has 0 bridgehead atoms. The number of amides is 4. The first-order valence-corrected chi connectivity index (χ1v) is 6.83. The van der Waals surface area contributed by atoms with Crippen LogP contribution in [0, 0.1) is 0 Å². The lowest BCUT2D eigenvalue weighted by Crippen LogP contribution is -2.29. The van der Waals surface area contributed by atoms with Gasteiger partial charge in [0.2, 0.25) is 0 Å². The number of carbonyl (C=O) groups is 2. The highest BCUT2D eigenvalue weighted by Crippen LogP contribution is 2.04. The topological polar surface area (TPSA) is 64.2 Å². The largest absolute Gasteiger partial charge is 0.338 e. The summed E-state index contributed by atoms with van der Waals surface area (Å²) in [5.41, 5.74) is 0. The molecular weight excluding hydrogens is 232 g/mol. The third-order valence-corrected chi connectivity index (χ3v) is 3.12. The molecule has 2 saturated heterocycles. The van der Waals surface area contributed by atoms with Crippen molar-refractivity contribution in [2.45, 2.75) is 25.7 Å². The number of unbranched alkanes of at least 4 members (excludes halogenated alkanes) is 3. The molecule has 4 amide bonds. The molecule has 0 saturated carbocycles. The third-order valence-electron chi connectivity index (χ3n) is 3.12. The van der Waals surface area contributed by atoms with E-state index in [0.717, 1.165) is 65.0 Å². The van der Waals surface area contributed by atoms with Crippen molar-refractivity contribution < 1.29 is 9.59 Å². The van der Waals surface area contributed by atoms with Crippen LogP contribution in [0.5, 0.6) is 0 Å². The van der Waals surface area contributed by atoms with Gasteiger partial charge in [0.15, 0.2) is 0 Å². The van der Waals surface area contributed by atoms with Gasteiger partial charge < -0.3 is 20.4 Å². The summed E-state index contributed by atoms with van der Waals surface area (Å²) in [6.07, 6.45) is 4.22. The van der Waals surface area contributed by atoms with E-state index in [0.29, 0.717) is 0 Å². The fourth-order valence-electron chi connectivity index (χ4n) is 1.72. The minimum Gasteiger partial charge on any atom is -0.338 e. The van der Waals surface area contributed by atoms with Gasteiger partial charge in [0.25, 0.3) is 0 Å². The molecule has 18 heavy (non-hydrogen) atoms. The lowest BCUT2D eigenvalue weighted by atomic mass is 10.2. The van der Waals surface area contributed by atoms with Crippen LogP contribution in [0.15, 0.2) is 0 Å². The molecular formula is C12H22N4O2. The van der Waals surface area contributed by atoms with E-state index in [2.05, 4.69) is 10.6 Å². The molecule has 2 aliphatic heterocycles. The quantitative estimate of drug-likeness (QED) is 0.516. The van der Waals surface area contributed by atoms with Crippen molar-refractivity contribution in [2.24, 2.45) is 0 Å². The Bertz CT molecular complexity index is 270. The Balaban J connectivity index is 1.32. The Morgan fingerprint density at radius 1 is 0.722 bits per heavy atom. The first-order chi connectivity index (χ1) is 8.77. The summed E-state index contributed by atoms with van der Waals surface area (Å²) in [7, 11) is 0. The molecule has 0 atom stereocenters. The zero-order valence-electron chi connectivity index (χ0n) is 10.8. The van der Waals surface area contributed by atoms with Gasteiger partial charge in [-0.3, -0.25) is 0 Å². The fourth-order valence-corrected chi connectivity index (χ4v) is 1.72. The molecule has 2 N–H and O–H groups in total. The van der Waals surface area contributed by atoms with E-state index in [4.69, 9.17) is 0 Å². The summed E-state index contributed by atoms with van der Waals surface area (Å²) < 4.78 is 0. The first kappa shape index (κ1) is 13.0. The Morgan fingerprint density at radius 2 is 1.11 bits per heavy atom. The molecule has 0 aromatic carbocycles.